The predicted octanol–water partition coefficient (Wildman–Crippen LogP) is 4.26. The number of carbonyl (C=O) groups is 4. The number of nitrogens with zero attached hydrogens (tertiary/aromatic N) is 1. The van der Waals surface area contributed by atoms with Crippen molar-refractivity contribution in [3.8, 4) is 5.75 Å². The van der Waals surface area contributed by atoms with Crippen molar-refractivity contribution in [1.29, 1.82) is 0 Å². The summed E-state index contributed by atoms with van der Waals surface area (Å²) < 4.78 is 10.1. The molecule has 1 atom stereocenters. The van der Waals surface area contributed by atoms with Crippen molar-refractivity contribution in [2.75, 3.05) is 19.0 Å². The monoisotopic (exact) mass is 488 g/mol. The van der Waals surface area contributed by atoms with E-state index in [1.807, 2.05) is 19.1 Å². The molecule has 1 aliphatic rings. The first kappa shape index (κ1) is 24.3. The van der Waals surface area contributed by atoms with Gasteiger partial charge in [0.1, 0.15) is 11.8 Å². The molecule has 0 aromatic heterocycles. The number of rotatable bonds is 7. The number of benzene rings is 2. The van der Waals surface area contributed by atoms with Crippen LogP contribution in [-0.4, -0.2) is 47.7 Å². The van der Waals surface area contributed by atoms with Crippen LogP contribution in [0.2, 0.25) is 5.02 Å². The molecule has 1 aliphatic heterocycles. The van der Waals surface area contributed by atoms with Crippen LogP contribution in [-0.2, 0) is 19.1 Å². The molecule has 1 heterocycles. The third-order valence-electron chi connectivity index (χ3n) is 4.70. The van der Waals surface area contributed by atoms with E-state index in [2.05, 4.69) is 10.1 Å². The Balaban J connectivity index is 1.64. The minimum atomic E-state index is -1.03. The molecule has 0 radical (unpaired) electrons. The maximum absolute atomic E-state index is 12.6. The van der Waals surface area contributed by atoms with Gasteiger partial charge in [-0.2, -0.15) is 0 Å². The van der Waals surface area contributed by atoms with Crippen LogP contribution in [0, 0.1) is 6.92 Å². The molecule has 1 saturated heterocycles. The van der Waals surface area contributed by atoms with Gasteiger partial charge < -0.3 is 14.8 Å². The number of amides is 3. The van der Waals surface area contributed by atoms with E-state index in [1.165, 1.54) is 20.1 Å². The SMILES string of the molecule is COC(=O)[C@H](C)N1C(=O)S/C(=C/c2ccc(OCC(=O)Nc3ccc(C)cc3)c(Cl)c2)C1=O. The molecule has 1 fully saturated rings. The van der Waals surface area contributed by atoms with Gasteiger partial charge in [0.2, 0.25) is 0 Å². The molecular weight excluding hydrogens is 468 g/mol. The van der Waals surface area contributed by atoms with E-state index in [1.54, 1.807) is 30.3 Å². The predicted molar refractivity (Wildman–Crippen MR) is 126 cm³/mol. The number of hydrogen-bond acceptors (Lipinski definition) is 7. The maximum atomic E-state index is 12.6. The van der Waals surface area contributed by atoms with Gasteiger partial charge in [0.25, 0.3) is 17.1 Å². The quantitative estimate of drug-likeness (QED) is 0.458. The van der Waals surface area contributed by atoms with Crippen molar-refractivity contribution in [3.05, 3.63) is 63.5 Å². The average molecular weight is 489 g/mol. The van der Waals surface area contributed by atoms with Crippen LogP contribution in [0.5, 0.6) is 5.75 Å². The number of carbonyl (C=O) groups excluding carboxylic acids is 4. The number of ether oxygens (including phenoxy) is 2. The fraction of sp³-hybridized carbons (Fsp3) is 0.217. The first-order valence-electron chi connectivity index (χ1n) is 9.83. The number of nitrogens with one attached hydrogen (secondary N) is 1. The van der Waals surface area contributed by atoms with E-state index in [9.17, 15) is 19.2 Å². The van der Waals surface area contributed by atoms with E-state index < -0.39 is 23.2 Å². The Morgan fingerprint density at radius 1 is 1.18 bits per heavy atom. The van der Waals surface area contributed by atoms with Gasteiger partial charge in [0.15, 0.2) is 6.61 Å². The zero-order valence-corrected chi connectivity index (χ0v) is 19.7. The zero-order valence-electron chi connectivity index (χ0n) is 18.1. The van der Waals surface area contributed by atoms with Gasteiger partial charge in [-0.1, -0.05) is 35.4 Å². The zero-order chi connectivity index (χ0) is 24.1. The molecule has 3 rings (SSSR count). The van der Waals surface area contributed by atoms with E-state index in [0.717, 1.165) is 22.2 Å². The smallest absolute Gasteiger partial charge is 0.328 e. The Hall–Kier alpha value is -3.30. The summed E-state index contributed by atoms with van der Waals surface area (Å²) in [5.41, 5.74) is 2.29. The van der Waals surface area contributed by atoms with Crippen molar-refractivity contribution in [1.82, 2.24) is 4.90 Å². The summed E-state index contributed by atoms with van der Waals surface area (Å²) in [7, 11) is 1.19. The summed E-state index contributed by atoms with van der Waals surface area (Å²) in [6.45, 7) is 3.13. The van der Waals surface area contributed by atoms with Gasteiger partial charge in [0.05, 0.1) is 17.0 Å². The van der Waals surface area contributed by atoms with Crippen molar-refractivity contribution in [2.45, 2.75) is 19.9 Å². The van der Waals surface area contributed by atoms with E-state index >= 15 is 0 Å². The molecule has 0 aliphatic carbocycles. The lowest BCUT2D eigenvalue weighted by atomic mass is 10.2. The second-order valence-corrected chi connectivity index (χ2v) is 8.54. The number of esters is 1. The van der Waals surface area contributed by atoms with Crippen molar-refractivity contribution in [2.24, 2.45) is 0 Å². The van der Waals surface area contributed by atoms with Crippen LogP contribution in [0.25, 0.3) is 6.08 Å². The number of aryl methyl sites for hydroxylation is 1. The second kappa shape index (κ2) is 10.5. The highest BCUT2D eigenvalue weighted by Crippen LogP contribution is 2.35. The molecule has 172 valence electrons. The molecule has 1 N–H and O–H groups in total. The number of halogens is 1. The molecule has 8 nitrogen and oxygen atoms in total. The normalized spacial score (nSPS) is 15.5. The third-order valence-corrected chi connectivity index (χ3v) is 5.88. The molecule has 0 saturated carbocycles. The minimum absolute atomic E-state index is 0.151. The molecule has 2 aromatic carbocycles. The summed E-state index contributed by atoms with van der Waals surface area (Å²) in [4.78, 5) is 49.6. The third kappa shape index (κ3) is 5.94. The van der Waals surface area contributed by atoms with Gasteiger partial charge in [-0.05, 0) is 61.5 Å². The Kier molecular flexibility index (Phi) is 7.78. The van der Waals surface area contributed by atoms with Gasteiger partial charge in [-0.15, -0.1) is 0 Å². The van der Waals surface area contributed by atoms with Crippen molar-refractivity contribution in [3.63, 3.8) is 0 Å². The van der Waals surface area contributed by atoms with Crippen molar-refractivity contribution >= 4 is 58.1 Å². The lowest BCUT2D eigenvalue weighted by Gasteiger charge is -2.18. The summed E-state index contributed by atoms with van der Waals surface area (Å²) in [6.07, 6.45) is 1.49. The van der Waals surface area contributed by atoms with Gasteiger partial charge in [-0.25, -0.2) is 4.79 Å². The molecule has 2 aromatic rings. The highest BCUT2D eigenvalue weighted by Gasteiger charge is 2.41. The van der Waals surface area contributed by atoms with E-state index in [-0.39, 0.29) is 22.4 Å². The van der Waals surface area contributed by atoms with Crippen LogP contribution >= 0.6 is 23.4 Å². The highest BCUT2D eigenvalue weighted by atomic mass is 35.5. The Morgan fingerprint density at radius 2 is 1.88 bits per heavy atom. The molecule has 0 unspecified atom stereocenters. The molecule has 0 spiro atoms. The Labute approximate surface area is 199 Å². The topological polar surface area (TPSA) is 102 Å². The molecular formula is C23H21ClN2O6S. The van der Waals surface area contributed by atoms with Gasteiger partial charge in [-0.3, -0.25) is 19.3 Å². The fourth-order valence-electron chi connectivity index (χ4n) is 2.94. The standard InChI is InChI=1S/C23H21ClN2O6S/c1-13-4-7-16(8-5-13)25-20(27)12-32-18-9-6-15(10-17(18)24)11-19-21(28)26(23(30)33-19)14(2)22(29)31-3/h4-11,14H,12H2,1-3H3,(H,25,27)/b19-11+/t14-/m0/s1. The van der Waals surface area contributed by atoms with Crippen LogP contribution in [0.4, 0.5) is 10.5 Å². The van der Waals surface area contributed by atoms with Crippen LogP contribution < -0.4 is 10.1 Å². The Morgan fingerprint density at radius 3 is 2.52 bits per heavy atom. The number of imide groups is 1. The number of hydrogen-bond donors (Lipinski definition) is 1. The molecule has 10 heteroatoms. The largest absolute Gasteiger partial charge is 0.482 e. The molecule has 3 amide bonds. The van der Waals surface area contributed by atoms with E-state index in [4.69, 9.17) is 16.3 Å². The number of anilines is 1. The number of thioether (sulfide) groups is 1. The minimum Gasteiger partial charge on any atom is -0.482 e. The first-order valence-corrected chi connectivity index (χ1v) is 11.0. The van der Waals surface area contributed by atoms with Crippen LogP contribution in [0.15, 0.2) is 47.4 Å². The lowest BCUT2D eigenvalue weighted by molar-refractivity contribution is -0.148. The Bertz CT molecular complexity index is 1130. The molecule has 0 bridgehead atoms. The highest BCUT2D eigenvalue weighted by molar-refractivity contribution is 8.18. The summed E-state index contributed by atoms with van der Waals surface area (Å²) in [6, 6.07) is 11.1. The van der Waals surface area contributed by atoms with Gasteiger partial charge >= 0.3 is 5.97 Å². The van der Waals surface area contributed by atoms with Crippen LogP contribution in [0.1, 0.15) is 18.1 Å². The molecule has 33 heavy (non-hydrogen) atoms. The summed E-state index contributed by atoms with van der Waals surface area (Å²) in [5, 5.41) is 2.40. The van der Waals surface area contributed by atoms with Gasteiger partial charge in [0, 0.05) is 5.69 Å². The van der Waals surface area contributed by atoms with Crippen molar-refractivity contribution < 1.29 is 28.7 Å². The first-order chi connectivity index (χ1) is 15.7. The average Bonchev–Trinajstić information content (AvgIpc) is 3.06. The van der Waals surface area contributed by atoms with E-state index in [0.29, 0.717) is 17.0 Å². The summed E-state index contributed by atoms with van der Waals surface area (Å²) >= 11 is 6.99. The maximum Gasteiger partial charge on any atom is 0.328 e. The fourth-order valence-corrected chi connectivity index (χ4v) is 4.09. The summed E-state index contributed by atoms with van der Waals surface area (Å²) in [5.74, 6) is -1.32. The van der Waals surface area contributed by atoms with Crippen LogP contribution in [0.3, 0.4) is 0 Å². The second-order valence-electron chi connectivity index (χ2n) is 7.14. The number of methoxy groups -OCH3 is 1. The lowest BCUT2D eigenvalue weighted by Crippen LogP contribution is -2.42.